The van der Waals surface area contributed by atoms with E-state index in [1.807, 2.05) is 26.8 Å². The van der Waals surface area contributed by atoms with E-state index in [1.165, 1.54) is 12.1 Å². The van der Waals surface area contributed by atoms with Gasteiger partial charge in [0.15, 0.2) is 5.82 Å². The Morgan fingerprint density at radius 2 is 1.95 bits per heavy atom. The summed E-state index contributed by atoms with van der Waals surface area (Å²) in [6, 6.07) is 4.91. The third-order valence-electron chi connectivity index (χ3n) is 2.52. The Hall–Kier alpha value is -2.24. The number of anilines is 1. The first-order valence-electron chi connectivity index (χ1n) is 6.52. The molecular formula is C14H17FN4O. The standard InChI is InChI=1S/C14H17FN4O/c1-4-16-13-17-12(18-14(19-13)20-5-2)10-6-9(3)7-11(15)8-10/h6-8H,4-5H2,1-3H3,(H,16,17,18,19). The van der Waals surface area contributed by atoms with Gasteiger partial charge in [-0.2, -0.15) is 15.0 Å². The van der Waals surface area contributed by atoms with Gasteiger partial charge in [0, 0.05) is 12.1 Å². The second-order valence-corrected chi connectivity index (χ2v) is 4.25. The highest BCUT2D eigenvalue weighted by Gasteiger charge is 2.10. The van der Waals surface area contributed by atoms with Gasteiger partial charge in [-0.1, -0.05) is 0 Å². The number of hydrogen-bond donors (Lipinski definition) is 1. The van der Waals surface area contributed by atoms with Crippen molar-refractivity contribution in [1.82, 2.24) is 15.0 Å². The van der Waals surface area contributed by atoms with Crippen LogP contribution >= 0.6 is 0 Å². The van der Waals surface area contributed by atoms with Crippen LogP contribution in [-0.2, 0) is 0 Å². The first-order chi connectivity index (χ1) is 9.62. The summed E-state index contributed by atoms with van der Waals surface area (Å²) in [6.07, 6.45) is 0. The van der Waals surface area contributed by atoms with Gasteiger partial charge in [-0.15, -0.1) is 0 Å². The minimum atomic E-state index is -0.316. The molecule has 5 nitrogen and oxygen atoms in total. The molecule has 0 radical (unpaired) electrons. The predicted molar refractivity (Wildman–Crippen MR) is 75.3 cm³/mol. The summed E-state index contributed by atoms with van der Waals surface area (Å²) in [6.45, 7) is 6.75. The average Bonchev–Trinajstić information content (AvgIpc) is 2.38. The molecule has 0 saturated carbocycles. The van der Waals surface area contributed by atoms with Crippen LogP contribution in [0, 0.1) is 12.7 Å². The molecule has 2 aromatic rings. The van der Waals surface area contributed by atoms with Crippen molar-refractivity contribution in [3.63, 3.8) is 0 Å². The van der Waals surface area contributed by atoms with Gasteiger partial charge in [-0.25, -0.2) is 4.39 Å². The maximum atomic E-state index is 13.5. The molecule has 0 aliphatic heterocycles. The van der Waals surface area contributed by atoms with Crippen LogP contribution in [0.5, 0.6) is 6.01 Å². The molecule has 2 rings (SSSR count). The lowest BCUT2D eigenvalue weighted by Crippen LogP contribution is -2.07. The van der Waals surface area contributed by atoms with Crippen LogP contribution in [0.2, 0.25) is 0 Å². The van der Waals surface area contributed by atoms with Crippen LogP contribution in [0.1, 0.15) is 19.4 Å². The molecule has 1 heterocycles. The Kier molecular flexibility index (Phi) is 4.45. The number of benzene rings is 1. The lowest BCUT2D eigenvalue weighted by atomic mass is 10.1. The van der Waals surface area contributed by atoms with Crippen LogP contribution in [0.3, 0.4) is 0 Å². The number of hydrogen-bond acceptors (Lipinski definition) is 5. The molecule has 0 amide bonds. The van der Waals surface area contributed by atoms with Crippen molar-refractivity contribution in [1.29, 1.82) is 0 Å². The number of ether oxygens (including phenoxy) is 1. The lowest BCUT2D eigenvalue weighted by Gasteiger charge is -2.08. The van der Waals surface area contributed by atoms with Gasteiger partial charge in [0.25, 0.3) is 0 Å². The second-order valence-electron chi connectivity index (χ2n) is 4.25. The third-order valence-corrected chi connectivity index (χ3v) is 2.52. The summed E-state index contributed by atoms with van der Waals surface area (Å²) in [5, 5.41) is 3.01. The number of nitrogens with one attached hydrogen (secondary N) is 1. The fourth-order valence-electron chi connectivity index (χ4n) is 1.78. The van der Waals surface area contributed by atoms with Crippen molar-refractivity contribution < 1.29 is 9.13 Å². The van der Waals surface area contributed by atoms with Gasteiger partial charge in [0.1, 0.15) is 5.82 Å². The molecule has 0 unspecified atom stereocenters. The molecule has 106 valence electrons. The summed E-state index contributed by atoms with van der Waals surface area (Å²) >= 11 is 0. The Morgan fingerprint density at radius 1 is 1.15 bits per heavy atom. The highest BCUT2D eigenvalue weighted by molar-refractivity contribution is 5.57. The lowest BCUT2D eigenvalue weighted by molar-refractivity contribution is 0.312. The van der Waals surface area contributed by atoms with Crippen LogP contribution in [-0.4, -0.2) is 28.1 Å². The topological polar surface area (TPSA) is 59.9 Å². The molecule has 0 fully saturated rings. The van der Waals surface area contributed by atoms with E-state index in [9.17, 15) is 4.39 Å². The predicted octanol–water partition coefficient (Wildman–Crippen LogP) is 2.82. The molecule has 1 aromatic heterocycles. The molecular weight excluding hydrogens is 259 g/mol. The van der Waals surface area contributed by atoms with Gasteiger partial charge >= 0.3 is 6.01 Å². The zero-order chi connectivity index (χ0) is 14.5. The summed E-state index contributed by atoms with van der Waals surface area (Å²) < 4.78 is 18.8. The van der Waals surface area contributed by atoms with E-state index >= 15 is 0 Å². The number of aromatic nitrogens is 3. The molecule has 20 heavy (non-hydrogen) atoms. The van der Waals surface area contributed by atoms with Crippen molar-refractivity contribution in [2.24, 2.45) is 0 Å². The van der Waals surface area contributed by atoms with Crippen molar-refractivity contribution in [3.8, 4) is 17.4 Å². The van der Waals surface area contributed by atoms with E-state index in [1.54, 1.807) is 0 Å². The summed E-state index contributed by atoms with van der Waals surface area (Å²) in [7, 11) is 0. The maximum Gasteiger partial charge on any atom is 0.321 e. The molecule has 6 heteroatoms. The third kappa shape index (κ3) is 3.40. The molecule has 0 spiro atoms. The van der Waals surface area contributed by atoms with Crippen LogP contribution in [0.25, 0.3) is 11.4 Å². The van der Waals surface area contributed by atoms with Crippen molar-refractivity contribution >= 4 is 5.95 Å². The van der Waals surface area contributed by atoms with E-state index in [-0.39, 0.29) is 11.8 Å². The Balaban J connectivity index is 2.48. The van der Waals surface area contributed by atoms with Gasteiger partial charge in [-0.05, 0) is 44.5 Å². The molecule has 0 atom stereocenters. The molecule has 1 N–H and O–H groups in total. The number of aryl methyl sites for hydroxylation is 1. The van der Waals surface area contributed by atoms with E-state index in [0.29, 0.717) is 30.5 Å². The Bertz CT molecular complexity index is 559. The molecule has 0 bridgehead atoms. The summed E-state index contributed by atoms with van der Waals surface area (Å²) in [4.78, 5) is 12.6. The highest BCUT2D eigenvalue weighted by Crippen LogP contribution is 2.21. The van der Waals surface area contributed by atoms with E-state index < -0.39 is 0 Å². The zero-order valence-electron chi connectivity index (χ0n) is 11.8. The Labute approximate surface area is 117 Å². The van der Waals surface area contributed by atoms with E-state index in [4.69, 9.17) is 4.74 Å². The minimum absolute atomic E-state index is 0.232. The van der Waals surface area contributed by atoms with E-state index in [0.717, 1.165) is 5.56 Å². The smallest absolute Gasteiger partial charge is 0.321 e. The van der Waals surface area contributed by atoms with Crippen molar-refractivity contribution in [3.05, 3.63) is 29.6 Å². The molecule has 1 aromatic carbocycles. The van der Waals surface area contributed by atoms with Crippen LogP contribution in [0.15, 0.2) is 18.2 Å². The van der Waals surface area contributed by atoms with Crippen molar-refractivity contribution in [2.75, 3.05) is 18.5 Å². The number of halogens is 1. The number of rotatable bonds is 5. The fourth-order valence-corrected chi connectivity index (χ4v) is 1.78. The van der Waals surface area contributed by atoms with Gasteiger partial charge in [0.05, 0.1) is 6.61 Å². The summed E-state index contributed by atoms with van der Waals surface area (Å²) in [5.41, 5.74) is 1.41. The SMILES string of the molecule is CCNc1nc(OCC)nc(-c2cc(C)cc(F)c2)n1. The Morgan fingerprint density at radius 3 is 2.60 bits per heavy atom. The summed E-state index contributed by atoms with van der Waals surface area (Å²) in [5.74, 6) is 0.494. The quantitative estimate of drug-likeness (QED) is 0.910. The van der Waals surface area contributed by atoms with Crippen LogP contribution in [0.4, 0.5) is 10.3 Å². The normalized spacial score (nSPS) is 10.4. The fraction of sp³-hybridized carbons (Fsp3) is 0.357. The second kappa shape index (κ2) is 6.27. The van der Waals surface area contributed by atoms with Crippen molar-refractivity contribution in [2.45, 2.75) is 20.8 Å². The molecule has 0 aliphatic rings. The average molecular weight is 276 g/mol. The van der Waals surface area contributed by atoms with Gasteiger partial charge < -0.3 is 10.1 Å². The maximum absolute atomic E-state index is 13.5. The molecule has 0 aliphatic carbocycles. The van der Waals surface area contributed by atoms with E-state index in [2.05, 4.69) is 20.3 Å². The molecule has 0 saturated heterocycles. The van der Waals surface area contributed by atoms with Gasteiger partial charge in [-0.3, -0.25) is 0 Å². The monoisotopic (exact) mass is 276 g/mol. The first kappa shape index (κ1) is 14.2. The minimum Gasteiger partial charge on any atom is -0.464 e. The zero-order valence-corrected chi connectivity index (χ0v) is 11.8. The highest BCUT2D eigenvalue weighted by atomic mass is 19.1. The van der Waals surface area contributed by atoms with Gasteiger partial charge in [0.2, 0.25) is 5.95 Å². The largest absolute Gasteiger partial charge is 0.464 e. The van der Waals surface area contributed by atoms with Crippen LogP contribution < -0.4 is 10.1 Å². The first-order valence-corrected chi connectivity index (χ1v) is 6.52. The number of nitrogens with zero attached hydrogens (tertiary/aromatic N) is 3.